The van der Waals surface area contributed by atoms with Crippen LogP contribution in [0.15, 0.2) is 40.9 Å². The van der Waals surface area contributed by atoms with Gasteiger partial charge in [0.15, 0.2) is 0 Å². The van der Waals surface area contributed by atoms with Gasteiger partial charge < -0.3 is 5.32 Å². The van der Waals surface area contributed by atoms with Gasteiger partial charge in [0.1, 0.15) is 5.82 Å². The summed E-state index contributed by atoms with van der Waals surface area (Å²) in [5, 5.41) is 13.3. The minimum Gasteiger partial charge on any atom is -0.321 e. The Morgan fingerprint density at radius 1 is 1.29 bits per heavy atom. The molecule has 0 unspecified atom stereocenters. The van der Waals surface area contributed by atoms with Crippen molar-refractivity contribution in [3.05, 3.63) is 67.4 Å². The predicted molar refractivity (Wildman–Crippen MR) is 80.2 cm³/mol. The summed E-state index contributed by atoms with van der Waals surface area (Å²) in [6.45, 7) is 0. The third kappa shape index (κ3) is 3.77. The number of halogens is 3. The Hall–Kier alpha value is -1.99. The number of hydrogen-bond acceptors (Lipinski definition) is 3. The number of nitrogens with zero attached hydrogens (tertiary/aromatic N) is 1. The van der Waals surface area contributed by atoms with E-state index in [-0.39, 0.29) is 16.3 Å². The van der Waals surface area contributed by atoms with Gasteiger partial charge in [-0.2, -0.15) is 0 Å². The summed E-state index contributed by atoms with van der Waals surface area (Å²) < 4.78 is 13.3. The number of benzene rings is 2. The van der Waals surface area contributed by atoms with E-state index in [9.17, 15) is 19.3 Å². The van der Waals surface area contributed by atoms with Crippen LogP contribution in [0, 0.1) is 15.9 Å². The fraction of sp³-hybridized carbons (Fsp3) is 0. The summed E-state index contributed by atoms with van der Waals surface area (Å²) in [6, 6.07) is 7.30. The number of carbonyl (C=O) groups excluding carboxylic acids is 1. The van der Waals surface area contributed by atoms with Crippen molar-refractivity contribution in [2.75, 3.05) is 5.32 Å². The Bertz CT molecular complexity index is 739. The zero-order valence-electron chi connectivity index (χ0n) is 10.3. The first-order valence-electron chi connectivity index (χ1n) is 5.58. The van der Waals surface area contributed by atoms with E-state index >= 15 is 0 Å². The lowest BCUT2D eigenvalue weighted by atomic mass is 10.2. The van der Waals surface area contributed by atoms with Crippen LogP contribution in [0.25, 0.3) is 0 Å². The maximum Gasteiger partial charge on any atom is 0.271 e. The smallest absolute Gasteiger partial charge is 0.271 e. The lowest BCUT2D eigenvalue weighted by molar-refractivity contribution is -0.384. The summed E-state index contributed by atoms with van der Waals surface area (Å²) in [5.74, 6) is -1.05. The molecule has 0 atom stereocenters. The highest BCUT2D eigenvalue weighted by atomic mass is 79.9. The average Bonchev–Trinajstić information content (AvgIpc) is 2.41. The van der Waals surface area contributed by atoms with Crippen LogP contribution in [0.3, 0.4) is 0 Å². The molecule has 0 saturated carbocycles. The van der Waals surface area contributed by atoms with E-state index in [1.54, 1.807) is 0 Å². The summed E-state index contributed by atoms with van der Waals surface area (Å²) in [4.78, 5) is 22.2. The maximum atomic E-state index is 13.0. The molecule has 21 heavy (non-hydrogen) atoms. The number of rotatable bonds is 3. The molecule has 108 valence electrons. The van der Waals surface area contributed by atoms with Crippen LogP contribution in [-0.2, 0) is 0 Å². The molecular weight excluding hydrogens is 367 g/mol. The third-order valence-electron chi connectivity index (χ3n) is 2.53. The van der Waals surface area contributed by atoms with Gasteiger partial charge >= 0.3 is 0 Å². The quantitative estimate of drug-likeness (QED) is 0.640. The molecule has 0 fully saturated rings. The molecule has 0 spiro atoms. The number of non-ortho nitro benzene ring substituents is 1. The minimum atomic E-state index is -0.642. The van der Waals surface area contributed by atoms with Gasteiger partial charge in [0.2, 0.25) is 0 Å². The van der Waals surface area contributed by atoms with Gasteiger partial charge in [0.05, 0.1) is 10.6 Å². The molecule has 0 aliphatic carbocycles. The molecule has 0 radical (unpaired) electrons. The van der Waals surface area contributed by atoms with Crippen LogP contribution < -0.4 is 5.32 Å². The first-order valence-corrected chi connectivity index (χ1v) is 6.75. The second-order valence-electron chi connectivity index (χ2n) is 4.03. The van der Waals surface area contributed by atoms with Gasteiger partial charge in [-0.15, -0.1) is 0 Å². The topological polar surface area (TPSA) is 72.2 Å². The van der Waals surface area contributed by atoms with E-state index < -0.39 is 16.6 Å². The van der Waals surface area contributed by atoms with E-state index in [4.69, 9.17) is 11.6 Å². The largest absolute Gasteiger partial charge is 0.321 e. The highest BCUT2D eigenvalue weighted by molar-refractivity contribution is 9.10. The molecule has 0 aliphatic heterocycles. The number of nitrogens with one attached hydrogen (secondary N) is 1. The number of anilines is 1. The van der Waals surface area contributed by atoms with Gasteiger partial charge in [0.25, 0.3) is 11.6 Å². The van der Waals surface area contributed by atoms with E-state index in [0.29, 0.717) is 10.2 Å². The van der Waals surface area contributed by atoms with Gasteiger partial charge in [-0.3, -0.25) is 14.9 Å². The first kappa shape index (κ1) is 15.4. The fourth-order valence-corrected chi connectivity index (χ4v) is 2.28. The molecule has 1 amide bonds. The highest BCUT2D eigenvalue weighted by Crippen LogP contribution is 2.25. The Morgan fingerprint density at radius 2 is 2.00 bits per heavy atom. The number of nitro groups is 1. The Morgan fingerprint density at radius 3 is 2.62 bits per heavy atom. The highest BCUT2D eigenvalue weighted by Gasteiger charge is 2.15. The van der Waals surface area contributed by atoms with Crippen LogP contribution in [-0.4, -0.2) is 10.8 Å². The molecule has 0 saturated heterocycles. The van der Waals surface area contributed by atoms with E-state index in [0.717, 1.165) is 12.1 Å². The lowest BCUT2D eigenvalue weighted by Gasteiger charge is -2.07. The summed E-state index contributed by atoms with van der Waals surface area (Å²) in [5.41, 5.74) is 0.0836. The van der Waals surface area contributed by atoms with Crippen LogP contribution in [0.4, 0.5) is 15.8 Å². The molecule has 0 aliphatic rings. The van der Waals surface area contributed by atoms with Crippen molar-refractivity contribution < 1.29 is 14.1 Å². The molecule has 1 N–H and O–H groups in total. The summed E-state index contributed by atoms with van der Waals surface area (Å²) in [7, 11) is 0. The first-order chi connectivity index (χ1) is 9.86. The minimum absolute atomic E-state index is 0.0328. The summed E-state index contributed by atoms with van der Waals surface area (Å²) in [6.07, 6.45) is 0. The van der Waals surface area contributed by atoms with E-state index in [2.05, 4.69) is 21.2 Å². The second-order valence-corrected chi connectivity index (χ2v) is 5.32. The van der Waals surface area contributed by atoms with Crippen molar-refractivity contribution in [3.63, 3.8) is 0 Å². The van der Waals surface area contributed by atoms with Crippen molar-refractivity contribution in [1.29, 1.82) is 0 Å². The average molecular weight is 374 g/mol. The van der Waals surface area contributed by atoms with E-state index in [1.807, 2.05) is 0 Å². The van der Waals surface area contributed by atoms with Crippen molar-refractivity contribution in [1.82, 2.24) is 0 Å². The van der Waals surface area contributed by atoms with Crippen LogP contribution in [0.2, 0.25) is 5.02 Å². The van der Waals surface area contributed by atoms with Gasteiger partial charge in [0, 0.05) is 27.2 Å². The van der Waals surface area contributed by atoms with Crippen LogP contribution in [0.5, 0.6) is 0 Å². The molecule has 2 rings (SSSR count). The van der Waals surface area contributed by atoms with Crippen LogP contribution >= 0.6 is 27.5 Å². The van der Waals surface area contributed by atoms with E-state index in [1.165, 1.54) is 24.3 Å². The van der Waals surface area contributed by atoms with Crippen molar-refractivity contribution in [2.45, 2.75) is 0 Å². The number of amides is 1. The molecule has 0 heterocycles. The number of nitro benzene ring substituents is 1. The Kier molecular flexibility index (Phi) is 4.54. The van der Waals surface area contributed by atoms with Gasteiger partial charge in [-0.05, 0) is 40.2 Å². The molecule has 2 aromatic rings. The molecule has 8 heteroatoms. The monoisotopic (exact) mass is 372 g/mol. The maximum absolute atomic E-state index is 13.0. The second kappa shape index (κ2) is 6.19. The molecule has 0 bridgehead atoms. The molecule has 0 aromatic heterocycles. The summed E-state index contributed by atoms with van der Waals surface area (Å²) >= 11 is 8.86. The number of hydrogen-bond donors (Lipinski definition) is 1. The Balaban J connectivity index is 2.30. The third-order valence-corrected chi connectivity index (χ3v) is 3.41. The van der Waals surface area contributed by atoms with Crippen molar-refractivity contribution in [3.8, 4) is 0 Å². The fourth-order valence-electron chi connectivity index (χ4n) is 1.60. The zero-order chi connectivity index (χ0) is 15.6. The SMILES string of the molecule is O=C(Nc1ccc(F)cc1Br)c1cc(Cl)cc([N+](=O)[O-])c1. The van der Waals surface area contributed by atoms with Gasteiger partial charge in [-0.25, -0.2) is 4.39 Å². The normalized spacial score (nSPS) is 10.2. The van der Waals surface area contributed by atoms with Crippen molar-refractivity contribution in [2.24, 2.45) is 0 Å². The van der Waals surface area contributed by atoms with Crippen molar-refractivity contribution >= 4 is 44.8 Å². The predicted octanol–water partition coefficient (Wildman–Crippen LogP) is 4.40. The zero-order valence-corrected chi connectivity index (χ0v) is 12.6. The lowest BCUT2D eigenvalue weighted by Crippen LogP contribution is -2.12. The molecular formula is C13H7BrClFN2O3. The standard InChI is InChI=1S/C13H7BrClFN2O3/c14-11-6-9(16)1-2-12(11)17-13(19)7-3-8(15)5-10(4-7)18(20)21/h1-6H,(H,17,19). The Labute approximate surface area is 132 Å². The molecule has 5 nitrogen and oxygen atoms in total. The number of carbonyl (C=O) groups is 1. The molecule has 2 aromatic carbocycles. The van der Waals surface area contributed by atoms with Crippen LogP contribution in [0.1, 0.15) is 10.4 Å². The van der Waals surface area contributed by atoms with Gasteiger partial charge in [-0.1, -0.05) is 11.6 Å².